The number of aliphatic imine (C=N–C) groups is 1. The normalized spacial score (nSPS) is 30.5. The highest BCUT2D eigenvalue weighted by Crippen LogP contribution is 2.47. The summed E-state index contributed by atoms with van der Waals surface area (Å²) in [6, 6.07) is 4.33. The van der Waals surface area contributed by atoms with Crippen molar-refractivity contribution in [2.75, 3.05) is 33.4 Å². The second kappa shape index (κ2) is 7.95. The number of amidine groups is 1. The van der Waals surface area contributed by atoms with Gasteiger partial charge < -0.3 is 20.1 Å². The van der Waals surface area contributed by atoms with Gasteiger partial charge in [-0.1, -0.05) is 22.0 Å². The number of methoxy groups -OCH3 is 1. The van der Waals surface area contributed by atoms with Crippen LogP contribution in [0.25, 0.3) is 0 Å². The van der Waals surface area contributed by atoms with Crippen LogP contribution in [0.1, 0.15) is 16.6 Å². The number of thiazole rings is 1. The third kappa shape index (κ3) is 3.21. The summed E-state index contributed by atoms with van der Waals surface area (Å²) in [7, 11) is 1.36. The van der Waals surface area contributed by atoms with E-state index in [4.69, 9.17) is 14.5 Å². The van der Waals surface area contributed by atoms with Crippen LogP contribution in [0.3, 0.4) is 0 Å². The molecule has 2 N–H and O–H groups in total. The molecule has 1 aromatic heterocycles. The number of nitrogens with one attached hydrogen (secondary N) is 2. The van der Waals surface area contributed by atoms with Crippen molar-refractivity contribution in [1.29, 1.82) is 0 Å². The Hall–Kier alpha value is -2.18. The number of carbonyl (C=O) groups excluding carboxylic acids is 1. The first kappa shape index (κ1) is 21.4. The number of hydrogen-bond acceptors (Lipinski definition) is 9. The molecule has 0 radical (unpaired) electrons. The third-order valence-corrected chi connectivity index (χ3v) is 8.46. The van der Waals surface area contributed by atoms with Gasteiger partial charge in [0.25, 0.3) is 0 Å². The lowest BCUT2D eigenvalue weighted by Crippen LogP contribution is -2.91. The predicted molar refractivity (Wildman–Crippen MR) is 124 cm³/mol. The molecule has 4 aliphatic heterocycles. The van der Waals surface area contributed by atoms with Crippen molar-refractivity contribution in [3.8, 4) is 0 Å². The van der Waals surface area contributed by atoms with Gasteiger partial charge in [0.2, 0.25) is 0 Å². The summed E-state index contributed by atoms with van der Waals surface area (Å²) in [5, 5.41) is 9.51. The van der Waals surface area contributed by atoms with Crippen molar-refractivity contribution in [2.24, 2.45) is 4.99 Å². The lowest BCUT2D eigenvalue weighted by molar-refractivity contribution is -0.137. The number of benzene rings is 1. The molecule has 0 saturated carbocycles. The lowest BCUT2D eigenvalue weighted by Gasteiger charge is -2.67. The fraction of sp³-hybridized carbons (Fsp3) is 0.409. The van der Waals surface area contributed by atoms with Crippen LogP contribution in [0, 0.1) is 5.82 Å². The van der Waals surface area contributed by atoms with Crippen molar-refractivity contribution >= 4 is 39.1 Å². The number of nitrogens with zero attached hydrogens (tertiary/aromatic N) is 3. The predicted octanol–water partition coefficient (Wildman–Crippen LogP) is 1.99. The lowest BCUT2D eigenvalue weighted by atomic mass is 9.68. The standard InChI is InChI=1S/C22H21BrFN5O3S/c1-31-21(30)17-14(8-29-15-7-26-22(15)10-32-9-16(22)29)27-19(20-25-4-5-33-20)28-18(17)12-3-2-11(24)6-13(12)23/h2-6,15-16,18,26H,7-10H2,1H3,(H,27,28)/t15?,16?,18-,22?/m0/s1. The van der Waals surface area contributed by atoms with Gasteiger partial charge in [-0.25, -0.2) is 14.2 Å². The Balaban J connectivity index is 1.43. The first-order chi connectivity index (χ1) is 16.0. The van der Waals surface area contributed by atoms with E-state index < -0.39 is 12.0 Å². The number of likely N-dealkylation sites (tertiary alicyclic amines) is 1. The van der Waals surface area contributed by atoms with Gasteiger partial charge >= 0.3 is 5.97 Å². The zero-order chi connectivity index (χ0) is 22.7. The van der Waals surface area contributed by atoms with Crippen LogP contribution in [0.2, 0.25) is 0 Å². The number of hydrogen-bond donors (Lipinski definition) is 2. The number of carbonyl (C=O) groups is 1. The van der Waals surface area contributed by atoms with E-state index in [0.29, 0.717) is 52.3 Å². The van der Waals surface area contributed by atoms with Crippen LogP contribution in [0.5, 0.6) is 0 Å². The molecule has 0 aliphatic carbocycles. The van der Waals surface area contributed by atoms with Crippen LogP contribution >= 0.6 is 27.3 Å². The molecule has 6 rings (SSSR count). The molecule has 5 heterocycles. The van der Waals surface area contributed by atoms with Gasteiger partial charge in [-0.2, -0.15) is 0 Å². The fourth-order valence-corrected chi connectivity index (χ4v) is 6.49. The maximum Gasteiger partial charge on any atom is 0.338 e. The van der Waals surface area contributed by atoms with Gasteiger partial charge in [-0.15, -0.1) is 11.3 Å². The topological polar surface area (TPSA) is 88.1 Å². The van der Waals surface area contributed by atoms with Gasteiger partial charge in [-0.3, -0.25) is 9.89 Å². The largest absolute Gasteiger partial charge is 0.466 e. The number of halogens is 2. The summed E-state index contributed by atoms with van der Waals surface area (Å²) >= 11 is 4.91. The summed E-state index contributed by atoms with van der Waals surface area (Å²) in [5.41, 5.74) is 1.84. The van der Waals surface area contributed by atoms with Crippen LogP contribution in [0.15, 0.2) is 50.5 Å². The zero-order valence-electron chi connectivity index (χ0n) is 17.7. The molecule has 11 heteroatoms. The fourth-order valence-electron chi connectivity index (χ4n) is 5.34. The highest BCUT2D eigenvalue weighted by atomic mass is 79.9. The van der Waals surface area contributed by atoms with Gasteiger partial charge in [0.15, 0.2) is 10.8 Å². The number of ether oxygens (including phenoxy) is 2. The van der Waals surface area contributed by atoms with E-state index in [1.807, 2.05) is 5.38 Å². The summed E-state index contributed by atoms with van der Waals surface area (Å²) in [6.07, 6.45) is 1.71. The molecule has 4 atom stereocenters. The molecule has 3 unspecified atom stereocenters. The van der Waals surface area contributed by atoms with Crippen LogP contribution in [0.4, 0.5) is 4.39 Å². The van der Waals surface area contributed by atoms with Crippen molar-refractivity contribution in [3.05, 3.63) is 61.9 Å². The molecule has 1 aromatic carbocycles. The molecule has 1 spiro atoms. The van der Waals surface area contributed by atoms with Crippen molar-refractivity contribution in [3.63, 3.8) is 0 Å². The van der Waals surface area contributed by atoms with E-state index in [-0.39, 0.29) is 17.4 Å². The third-order valence-electron chi connectivity index (χ3n) is 7.00. The quantitative estimate of drug-likeness (QED) is 0.568. The highest BCUT2D eigenvalue weighted by molar-refractivity contribution is 9.10. The SMILES string of the molecule is COC(=O)C1=C(CN2C3CNC34COCC24)NC(c2nccs2)=N[C@H]1c1ccc(F)cc1Br. The molecule has 3 saturated heterocycles. The number of esters is 1. The minimum absolute atomic E-state index is 0.0340. The Labute approximate surface area is 202 Å². The summed E-state index contributed by atoms with van der Waals surface area (Å²) in [4.78, 5) is 24.7. The molecular formula is C22H21BrFN5O3S. The Morgan fingerprint density at radius 1 is 1.45 bits per heavy atom. The van der Waals surface area contributed by atoms with E-state index in [1.54, 1.807) is 12.3 Å². The van der Waals surface area contributed by atoms with Gasteiger partial charge in [0.1, 0.15) is 11.9 Å². The monoisotopic (exact) mass is 533 g/mol. The molecule has 0 amide bonds. The highest BCUT2D eigenvalue weighted by Gasteiger charge is 2.68. The number of piperazine rings is 1. The van der Waals surface area contributed by atoms with Crippen molar-refractivity contribution in [1.82, 2.24) is 20.5 Å². The van der Waals surface area contributed by atoms with E-state index in [2.05, 4.69) is 36.4 Å². The maximum absolute atomic E-state index is 13.8. The van der Waals surface area contributed by atoms with Crippen LogP contribution in [-0.2, 0) is 14.3 Å². The number of rotatable bonds is 5. The average Bonchev–Trinajstić information content (AvgIpc) is 3.47. The Morgan fingerprint density at radius 3 is 3.03 bits per heavy atom. The second-order valence-corrected chi connectivity index (χ2v) is 10.3. The number of aromatic nitrogens is 1. The molecular weight excluding hydrogens is 513 g/mol. The molecule has 0 bridgehead atoms. The Bertz CT molecular complexity index is 1190. The first-order valence-electron chi connectivity index (χ1n) is 10.6. The molecule has 8 nitrogen and oxygen atoms in total. The molecule has 33 heavy (non-hydrogen) atoms. The Kier molecular flexibility index (Phi) is 5.15. The van der Waals surface area contributed by atoms with Crippen LogP contribution in [-0.4, -0.2) is 72.7 Å². The van der Waals surface area contributed by atoms with Gasteiger partial charge in [0.05, 0.1) is 37.5 Å². The van der Waals surface area contributed by atoms with Gasteiger partial charge in [0, 0.05) is 40.9 Å². The molecule has 2 aromatic rings. The molecule has 4 aliphatic rings. The van der Waals surface area contributed by atoms with Crippen molar-refractivity contribution in [2.45, 2.75) is 23.7 Å². The van der Waals surface area contributed by atoms with E-state index in [9.17, 15) is 9.18 Å². The van der Waals surface area contributed by atoms with E-state index >= 15 is 0 Å². The minimum Gasteiger partial charge on any atom is -0.466 e. The Morgan fingerprint density at radius 2 is 2.33 bits per heavy atom. The average molecular weight is 534 g/mol. The van der Waals surface area contributed by atoms with E-state index in [0.717, 1.165) is 12.2 Å². The maximum atomic E-state index is 13.8. The second-order valence-electron chi connectivity index (χ2n) is 8.53. The summed E-state index contributed by atoms with van der Waals surface area (Å²) in [6.45, 7) is 2.78. The van der Waals surface area contributed by atoms with E-state index in [1.165, 1.54) is 30.6 Å². The first-order valence-corrected chi connectivity index (χ1v) is 12.3. The van der Waals surface area contributed by atoms with Gasteiger partial charge in [-0.05, 0) is 17.7 Å². The minimum atomic E-state index is -0.673. The summed E-state index contributed by atoms with van der Waals surface area (Å²) in [5.74, 6) is -0.264. The smallest absolute Gasteiger partial charge is 0.338 e. The zero-order valence-corrected chi connectivity index (χ0v) is 20.1. The van der Waals surface area contributed by atoms with Crippen LogP contribution < -0.4 is 10.6 Å². The molecule has 3 fully saturated rings. The molecule has 172 valence electrons. The van der Waals surface area contributed by atoms with Crippen molar-refractivity contribution < 1.29 is 18.7 Å². The summed E-state index contributed by atoms with van der Waals surface area (Å²) < 4.78 is 25.3.